The standard InChI is InChI=1S/C13H17N3.C11H14O2.C8H16.C2H6/c1-8(2)11(6-14)13-5-9(3)12(7-16-13)10(4)15;1-3-4-10-6-5-9(8-12)7-11(10)13-2;1-4-6-7-8(3)5-2;1-2/h5-7,14-15H,1-4H3;5-8H,3-4H2,1-2H3;6-8H,4-5H2,1-3H3;1-2H3/b;;7-6-;. The van der Waals surface area contributed by atoms with Crippen LogP contribution in [0.5, 0.6) is 5.75 Å². The number of aryl methyl sites for hydroxylation is 2. The van der Waals surface area contributed by atoms with Crippen LogP contribution in [0.4, 0.5) is 0 Å². The number of ether oxygens (including phenoxy) is 1. The third-order valence-electron chi connectivity index (χ3n) is 5.78. The molecule has 0 spiro atoms. The van der Waals surface area contributed by atoms with Gasteiger partial charge in [-0.2, -0.15) is 0 Å². The van der Waals surface area contributed by atoms with Gasteiger partial charge in [0.1, 0.15) is 12.0 Å². The summed E-state index contributed by atoms with van der Waals surface area (Å²) in [7, 11) is 1.63. The summed E-state index contributed by atoms with van der Waals surface area (Å²) < 4.78 is 5.18. The first kappa shape index (κ1) is 37.8. The Morgan fingerprint density at radius 2 is 1.74 bits per heavy atom. The van der Waals surface area contributed by atoms with E-state index in [-0.39, 0.29) is 0 Å². The topological polar surface area (TPSA) is 86.9 Å². The molecule has 39 heavy (non-hydrogen) atoms. The second-order valence-electron chi connectivity index (χ2n) is 9.23. The van der Waals surface area contributed by atoms with Crippen molar-refractivity contribution < 1.29 is 9.53 Å². The highest BCUT2D eigenvalue weighted by molar-refractivity contribution is 6.09. The maximum absolute atomic E-state index is 10.5. The fraction of sp³-hybridized carbons (Fsp3) is 0.471. The lowest BCUT2D eigenvalue weighted by molar-refractivity contribution is 0.112. The van der Waals surface area contributed by atoms with Crippen molar-refractivity contribution >= 4 is 23.8 Å². The monoisotopic (exact) mass is 535 g/mol. The highest BCUT2D eigenvalue weighted by Gasteiger charge is 2.07. The lowest BCUT2D eigenvalue weighted by Crippen LogP contribution is -2.01. The van der Waals surface area contributed by atoms with Crippen molar-refractivity contribution in [3.63, 3.8) is 0 Å². The predicted molar refractivity (Wildman–Crippen MR) is 171 cm³/mol. The van der Waals surface area contributed by atoms with E-state index >= 15 is 0 Å². The molecule has 0 bridgehead atoms. The molecule has 1 aromatic carbocycles. The largest absolute Gasteiger partial charge is 0.496 e. The summed E-state index contributed by atoms with van der Waals surface area (Å²) in [6.07, 6.45) is 12.9. The van der Waals surface area contributed by atoms with Gasteiger partial charge in [0.2, 0.25) is 0 Å². The number of nitrogens with zero attached hydrogens (tertiary/aromatic N) is 1. The van der Waals surface area contributed by atoms with E-state index in [1.165, 1.54) is 19.1 Å². The molecule has 1 aromatic heterocycles. The Morgan fingerprint density at radius 1 is 1.10 bits per heavy atom. The van der Waals surface area contributed by atoms with E-state index < -0.39 is 0 Å². The Labute approximate surface area is 238 Å². The second-order valence-corrected chi connectivity index (χ2v) is 9.23. The summed E-state index contributed by atoms with van der Waals surface area (Å²) in [6.45, 7) is 20.4. The number of allylic oxidation sites excluding steroid dienone is 4. The molecule has 2 N–H and O–H groups in total. The summed E-state index contributed by atoms with van der Waals surface area (Å²) >= 11 is 0. The number of aldehydes is 1. The van der Waals surface area contributed by atoms with Gasteiger partial charge in [-0.1, -0.05) is 84.2 Å². The zero-order valence-electron chi connectivity index (χ0n) is 26.4. The van der Waals surface area contributed by atoms with Crippen molar-refractivity contribution in [3.8, 4) is 5.75 Å². The van der Waals surface area contributed by atoms with Crippen LogP contribution in [0, 0.1) is 23.7 Å². The highest BCUT2D eigenvalue weighted by atomic mass is 16.5. The van der Waals surface area contributed by atoms with E-state index in [1.54, 1.807) is 26.3 Å². The molecule has 0 fully saturated rings. The highest BCUT2D eigenvalue weighted by Crippen LogP contribution is 2.21. The number of pyridine rings is 1. The average Bonchev–Trinajstić information content (AvgIpc) is 2.94. The Bertz CT molecular complexity index is 1060. The Kier molecular flexibility index (Phi) is 21.9. The summed E-state index contributed by atoms with van der Waals surface area (Å²) in [5.74, 6) is 1.58. The molecule has 5 heteroatoms. The molecule has 0 aliphatic heterocycles. The Morgan fingerprint density at radius 3 is 2.15 bits per heavy atom. The van der Waals surface area contributed by atoms with Crippen LogP contribution >= 0.6 is 0 Å². The van der Waals surface area contributed by atoms with Crippen LogP contribution in [0.1, 0.15) is 114 Å². The van der Waals surface area contributed by atoms with Crippen molar-refractivity contribution in [1.82, 2.24) is 4.98 Å². The van der Waals surface area contributed by atoms with E-state index in [0.717, 1.165) is 64.3 Å². The zero-order valence-corrected chi connectivity index (χ0v) is 26.4. The predicted octanol–water partition coefficient (Wildman–Crippen LogP) is 9.71. The Hall–Kier alpha value is -3.34. The maximum atomic E-state index is 10.5. The first-order valence-electron chi connectivity index (χ1n) is 14.1. The third kappa shape index (κ3) is 15.0. The van der Waals surface area contributed by atoms with Crippen LogP contribution < -0.4 is 4.74 Å². The normalized spacial score (nSPS) is 10.4. The van der Waals surface area contributed by atoms with Crippen molar-refractivity contribution in [2.45, 2.75) is 94.9 Å². The molecule has 5 nitrogen and oxygen atoms in total. The van der Waals surface area contributed by atoms with Gasteiger partial charge in [0.15, 0.2) is 0 Å². The molecule has 0 amide bonds. The smallest absolute Gasteiger partial charge is 0.150 e. The van der Waals surface area contributed by atoms with Gasteiger partial charge in [-0.3, -0.25) is 9.78 Å². The number of benzene rings is 1. The first-order chi connectivity index (χ1) is 18.6. The average molecular weight is 536 g/mol. The van der Waals surface area contributed by atoms with Crippen LogP contribution in [-0.4, -0.2) is 30.3 Å². The minimum atomic E-state index is 0.519. The molecular formula is C34H53N3O2. The fourth-order valence-electron chi connectivity index (χ4n) is 3.39. The van der Waals surface area contributed by atoms with Gasteiger partial charge >= 0.3 is 0 Å². The lowest BCUT2D eigenvalue weighted by atomic mass is 10.0. The number of hydrogen-bond donors (Lipinski definition) is 2. The molecule has 216 valence electrons. The third-order valence-corrected chi connectivity index (χ3v) is 5.78. The van der Waals surface area contributed by atoms with Gasteiger partial charge in [0, 0.05) is 34.8 Å². The molecule has 1 heterocycles. The van der Waals surface area contributed by atoms with Gasteiger partial charge in [0.25, 0.3) is 0 Å². The summed E-state index contributed by atoms with van der Waals surface area (Å²) in [6, 6.07) is 7.48. The number of carbonyl (C=O) groups is 1. The number of nitrogens with one attached hydrogen (secondary N) is 2. The maximum Gasteiger partial charge on any atom is 0.150 e. The SMILES string of the molecule is CC.CC(=N)c1cnc(C(C=N)=C(C)C)cc1C.CC/C=C\C(C)CC.CCCc1ccc(C=O)cc1OC. The second kappa shape index (κ2) is 22.6. The van der Waals surface area contributed by atoms with Crippen LogP contribution in [-0.2, 0) is 6.42 Å². The van der Waals surface area contributed by atoms with Gasteiger partial charge in [-0.15, -0.1) is 0 Å². The quantitative estimate of drug-likeness (QED) is 0.180. The zero-order chi connectivity index (χ0) is 30.4. The van der Waals surface area contributed by atoms with Crippen molar-refractivity contribution in [2.24, 2.45) is 5.92 Å². The van der Waals surface area contributed by atoms with Gasteiger partial charge in [-0.05, 0) is 69.7 Å². The minimum Gasteiger partial charge on any atom is -0.496 e. The number of aromatic nitrogens is 1. The van der Waals surface area contributed by atoms with Gasteiger partial charge in [0.05, 0.1) is 12.8 Å². The molecular weight excluding hydrogens is 482 g/mol. The van der Waals surface area contributed by atoms with E-state index in [4.69, 9.17) is 15.6 Å². The molecule has 1 unspecified atom stereocenters. The lowest BCUT2D eigenvalue weighted by Gasteiger charge is -2.08. The number of rotatable bonds is 10. The van der Waals surface area contributed by atoms with Crippen molar-refractivity contribution in [3.05, 3.63) is 76.1 Å². The van der Waals surface area contributed by atoms with Crippen LogP contribution in [0.15, 0.2) is 48.2 Å². The summed E-state index contributed by atoms with van der Waals surface area (Å²) in [5, 5.41) is 15.0. The van der Waals surface area contributed by atoms with E-state index in [0.29, 0.717) is 11.3 Å². The van der Waals surface area contributed by atoms with Crippen LogP contribution in [0.2, 0.25) is 0 Å². The molecule has 0 saturated carbocycles. The molecule has 2 rings (SSSR count). The van der Waals surface area contributed by atoms with E-state index in [2.05, 4.69) is 44.8 Å². The van der Waals surface area contributed by atoms with Gasteiger partial charge < -0.3 is 15.6 Å². The van der Waals surface area contributed by atoms with Crippen LogP contribution in [0.3, 0.4) is 0 Å². The molecule has 1 atom stereocenters. The van der Waals surface area contributed by atoms with Gasteiger partial charge in [-0.25, -0.2) is 0 Å². The molecule has 0 aliphatic carbocycles. The van der Waals surface area contributed by atoms with E-state index in [9.17, 15) is 4.79 Å². The number of hydrogen-bond acceptors (Lipinski definition) is 5. The summed E-state index contributed by atoms with van der Waals surface area (Å²) in [5.41, 5.74) is 6.95. The molecule has 0 saturated heterocycles. The molecule has 0 radical (unpaired) electrons. The molecule has 2 aromatic rings. The fourth-order valence-corrected chi connectivity index (χ4v) is 3.39. The van der Waals surface area contributed by atoms with Crippen molar-refractivity contribution in [1.29, 1.82) is 10.8 Å². The minimum absolute atomic E-state index is 0.519. The first-order valence-corrected chi connectivity index (χ1v) is 14.1. The van der Waals surface area contributed by atoms with Crippen molar-refractivity contribution in [2.75, 3.05) is 7.11 Å². The summed E-state index contributed by atoms with van der Waals surface area (Å²) in [4.78, 5) is 14.8. The number of carbonyl (C=O) groups excluding carboxylic acids is 1. The number of methoxy groups -OCH3 is 1. The van der Waals surface area contributed by atoms with Crippen LogP contribution in [0.25, 0.3) is 5.57 Å². The Balaban J connectivity index is 0. The van der Waals surface area contributed by atoms with E-state index in [1.807, 2.05) is 52.8 Å². The molecule has 0 aliphatic rings.